The molecule has 0 radical (unpaired) electrons. The van der Waals surface area contributed by atoms with Crippen molar-refractivity contribution in [2.45, 2.75) is 32.3 Å². The van der Waals surface area contributed by atoms with Gasteiger partial charge in [-0.2, -0.15) is 0 Å². The van der Waals surface area contributed by atoms with Gasteiger partial charge in [0.05, 0.1) is 12.0 Å². The van der Waals surface area contributed by atoms with Crippen molar-refractivity contribution >= 4 is 11.7 Å². The number of amides is 1. The number of methoxy groups -OCH3 is 1. The fraction of sp³-hybridized carbons (Fsp3) is 0.800. The molecule has 2 N–H and O–H groups in total. The van der Waals surface area contributed by atoms with Gasteiger partial charge in [0.1, 0.15) is 5.78 Å². The van der Waals surface area contributed by atoms with Crippen molar-refractivity contribution in [3.63, 3.8) is 0 Å². The summed E-state index contributed by atoms with van der Waals surface area (Å²) in [4.78, 5) is 21.7. The first kappa shape index (κ1) is 14.1. The zero-order valence-corrected chi connectivity index (χ0v) is 9.50. The zero-order chi connectivity index (χ0) is 11.9. The van der Waals surface area contributed by atoms with E-state index in [0.717, 1.165) is 0 Å². The normalized spacial score (nSPS) is 14.4. The van der Waals surface area contributed by atoms with Crippen LogP contribution < -0.4 is 5.32 Å². The molecule has 0 fully saturated rings. The molecule has 0 rings (SSSR count). The molecule has 1 amide bonds. The molecule has 0 bridgehead atoms. The van der Waals surface area contributed by atoms with Gasteiger partial charge in [0.25, 0.3) is 0 Å². The van der Waals surface area contributed by atoms with E-state index >= 15 is 0 Å². The number of carbonyl (C=O) groups excluding carboxylic acids is 2. The molecule has 0 aromatic rings. The molecule has 0 aliphatic carbocycles. The summed E-state index contributed by atoms with van der Waals surface area (Å²) >= 11 is 0. The van der Waals surface area contributed by atoms with Gasteiger partial charge in [-0.25, -0.2) is 0 Å². The molecule has 1 unspecified atom stereocenters. The van der Waals surface area contributed by atoms with Crippen molar-refractivity contribution in [3.05, 3.63) is 0 Å². The van der Waals surface area contributed by atoms with Crippen LogP contribution in [0.1, 0.15) is 26.7 Å². The molecule has 0 saturated carbocycles. The third kappa shape index (κ3) is 8.08. The SMILES string of the molecule is COCCC(C)(O)CNC(=O)CC(C)=O. The Morgan fingerprint density at radius 2 is 2.07 bits per heavy atom. The Morgan fingerprint density at radius 1 is 1.47 bits per heavy atom. The number of hydrogen-bond donors (Lipinski definition) is 2. The molecule has 1 atom stereocenters. The number of Topliss-reactive ketones (excluding diaryl/α,β-unsaturated/α-hetero) is 1. The fourth-order valence-corrected chi connectivity index (χ4v) is 0.988. The van der Waals surface area contributed by atoms with Crippen molar-refractivity contribution in [2.75, 3.05) is 20.3 Å². The second-order valence-corrected chi connectivity index (χ2v) is 3.90. The minimum atomic E-state index is -0.998. The molecule has 0 aliphatic rings. The van der Waals surface area contributed by atoms with E-state index in [0.29, 0.717) is 13.0 Å². The van der Waals surface area contributed by atoms with Crippen LogP contribution >= 0.6 is 0 Å². The molecule has 0 aromatic heterocycles. The van der Waals surface area contributed by atoms with Gasteiger partial charge in [0.2, 0.25) is 5.91 Å². The van der Waals surface area contributed by atoms with E-state index < -0.39 is 5.60 Å². The van der Waals surface area contributed by atoms with E-state index in [1.807, 2.05) is 0 Å². The number of ether oxygens (including phenoxy) is 1. The molecule has 0 aliphatic heterocycles. The number of rotatable bonds is 7. The fourth-order valence-electron chi connectivity index (χ4n) is 0.988. The third-order valence-corrected chi connectivity index (χ3v) is 1.92. The molecule has 0 heterocycles. The highest BCUT2D eigenvalue weighted by atomic mass is 16.5. The molecule has 0 aromatic carbocycles. The van der Waals surface area contributed by atoms with Crippen LogP contribution in [0.25, 0.3) is 0 Å². The molecule has 5 nitrogen and oxygen atoms in total. The van der Waals surface area contributed by atoms with Crippen LogP contribution in [-0.4, -0.2) is 42.7 Å². The van der Waals surface area contributed by atoms with Crippen LogP contribution in [0, 0.1) is 0 Å². The minimum Gasteiger partial charge on any atom is -0.388 e. The van der Waals surface area contributed by atoms with E-state index in [2.05, 4.69) is 5.32 Å². The Kier molecular flexibility index (Phi) is 6.12. The standard InChI is InChI=1S/C10H19NO4/c1-8(12)6-9(13)11-7-10(2,14)4-5-15-3/h14H,4-7H2,1-3H3,(H,11,13). The predicted molar refractivity (Wildman–Crippen MR) is 55.4 cm³/mol. The van der Waals surface area contributed by atoms with Crippen LogP contribution in [0.3, 0.4) is 0 Å². The number of nitrogens with one attached hydrogen (secondary N) is 1. The summed E-state index contributed by atoms with van der Waals surface area (Å²) in [7, 11) is 1.55. The van der Waals surface area contributed by atoms with E-state index in [4.69, 9.17) is 4.74 Å². The predicted octanol–water partition coefficient (Wildman–Crippen LogP) is -0.131. The summed E-state index contributed by atoms with van der Waals surface area (Å²) in [5, 5.41) is 12.2. The van der Waals surface area contributed by atoms with Gasteiger partial charge in [-0.1, -0.05) is 0 Å². The maximum atomic E-state index is 11.1. The van der Waals surface area contributed by atoms with Crippen LogP contribution in [0.15, 0.2) is 0 Å². The summed E-state index contributed by atoms with van der Waals surface area (Å²) in [6.45, 7) is 3.51. The Balaban J connectivity index is 3.81. The summed E-state index contributed by atoms with van der Waals surface area (Å²) in [5.41, 5.74) is -0.998. The molecule has 88 valence electrons. The lowest BCUT2D eigenvalue weighted by Crippen LogP contribution is -2.41. The van der Waals surface area contributed by atoms with Crippen LogP contribution in [0.2, 0.25) is 0 Å². The van der Waals surface area contributed by atoms with Gasteiger partial charge in [0.15, 0.2) is 0 Å². The second kappa shape index (κ2) is 6.53. The van der Waals surface area contributed by atoms with Gasteiger partial charge in [0, 0.05) is 26.7 Å². The van der Waals surface area contributed by atoms with Crippen molar-refractivity contribution in [1.29, 1.82) is 0 Å². The Morgan fingerprint density at radius 3 is 2.53 bits per heavy atom. The van der Waals surface area contributed by atoms with Gasteiger partial charge < -0.3 is 15.2 Å². The van der Waals surface area contributed by atoms with E-state index in [-0.39, 0.29) is 24.7 Å². The maximum absolute atomic E-state index is 11.1. The summed E-state index contributed by atoms with van der Waals surface area (Å²) in [5.74, 6) is -0.552. The maximum Gasteiger partial charge on any atom is 0.227 e. The molecular weight excluding hydrogens is 198 g/mol. The zero-order valence-electron chi connectivity index (χ0n) is 9.50. The number of ketones is 1. The quantitative estimate of drug-likeness (QED) is 0.582. The lowest BCUT2D eigenvalue weighted by atomic mass is 10.0. The monoisotopic (exact) mass is 217 g/mol. The average Bonchev–Trinajstić information content (AvgIpc) is 2.11. The topological polar surface area (TPSA) is 75.6 Å². The summed E-state index contributed by atoms with van der Waals surface area (Å²) in [6, 6.07) is 0. The smallest absolute Gasteiger partial charge is 0.227 e. The highest BCUT2D eigenvalue weighted by Crippen LogP contribution is 2.07. The second-order valence-electron chi connectivity index (χ2n) is 3.90. The molecular formula is C10H19NO4. The highest BCUT2D eigenvalue weighted by Gasteiger charge is 2.20. The Labute approximate surface area is 89.8 Å². The Bertz CT molecular complexity index is 225. The van der Waals surface area contributed by atoms with Crippen molar-refractivity contribution in [2.24, 2.45) is 0 Å². The first-order valence-corrected chi connectivity index (χ1v) is 4.85. The summed E-state index contributed by atoms with van der Waals surface area (Å²) in [6.07, 6.45) is 0.296. The minimum absolute atomic E-state index is 0.127. The largest absolute Gasteiger partial charge is 0.388 e. The van der Waals surface area contributed by atoms with Gasteiger partial charge >= 0.3 is 0 Å². The van der Waals surface area contributed by atoms with Gasteiger partial charge in [-0.3, -0.25) is 9.59 Å². The number of hydrogen-bond acceptors (Lipinski definition) is 4. The first-order valence-electron chi connectivity index (χ1n) is 4.85. The highest BCUT2D eigenvalue weighted by molar-refractivity contribution is 5.96. The van der Waals surface area contributed by atoms with Gasteiger partial charge in [-0.05, 0) is 13.8 Å². The Hall–Kier alpha value is -0.940. The number of carbonyl (C=O) groups is 2. The van der Waals surface area contributed by atoms with Crippen molar-refractivity contribution < 1.29 is 19.4 Å². The van der Waals surface area contributed by atoms with E-state index in [1.165, 1.54) is 6.92 Å². The lowest BCUT2D eigenvalue weighted by Gasteiger charge is -2.23. The van der Waals surface area contributed by atoms with Gasteiger partial charge in [-0.15, -0.1) is 0 Å². The van der Waals surface area contributed by atoms with Crippen molar-refractivity contribution in [3.8, 4) is 0 Å². The number of aliphatic hydroxyl groups is 1. The molecule has 5 heteroatoms. The van der Waals surface area contributed by atoms with E-state index in [1.54, 1.807) is 14.0 Å². The first-order chi connectivity index (χ1) is 6.87. The molecule has 15 heavy (non-hydrogen) atoms. The van der Waals surface area contributed by atoms with Crippen LogP contribution in [0.4, 0.5) is 0 Å². The average molecular weight is 217 g/mol. The lowest BCUT2D eigenvalue weighted by molar-refractivity contribution is -0.128. The van der Waals surface area contributed by atoms with Crippen LogP contribution in [-0.2, 0) is 14.3 Å². The molecule has 0 spiro atoms. The van der Waals surface area contributed by atoms with Crippen molar-refractivity contribution in [1.82, 2.24) is 5.32 Å². The van der Waals surface area contributed by atoms with E-state index in [9.17, 15) is 14.7 Å². The van der Waals surface area contributed by atoms with Crippen LogP contribution in [0.5, 0.6) is 0 Å². The third-order valence-electron chi connectivity index (χ3n) is 1.92. The summed E-state index contributed by atoms with van der Waals surface area (Å²) < 4.78 is 4.82. The molecule has 0 saturated heterocycles.